The van der Waals surface area contributed by atoms with Gasteiger partial charge in [-0.3, -0.25) is 5.84 Å². The molecule has 1 aliphatic heterocycles. The molecule has 0 amide bonds. The Bertz CT molecular complexity index is 234. The molecule has 0 spiro atoms. The average molecular weight is 312 g/mol. The van der Waals surface area contributed by atoms with Crippen LogP contribution >= 0.6 is 0 Å². The Morgan fingerprint density at radius 2 is 1.32 bits per heavy atom. The number of rotatable bonds is 8. The fraction of sp³-hybridized carbons (Fsp3) is 0.950. The molecule has 0 aromatic carbocycles. The molecule has 22 heavy (non-hydrogen) atoms. The number of unbranched alkanes of at least 4 members (excludes halogenated alkanes) is 8. The zero-order chi connectivity index (χ0) is 17.1. The normalized spacial score (nSPS) is 20.3. The van der Waals surface area contributed by atoms with Gasteiger partial charge in [0, 0.05) is 11.1 Å². The van der Waals surface area contributed by atoms with E-state index in [2.05, 4.69) is 48.0 Å². The standard InChI is InChI=1S/C11H23.C9H20N2/c1-3-5-7-9-11-10-8-6-4-2;1-8(2)6-5-7-9(3,4)11(8)10/h3H,4-11H2,1-2H3;5-7,10H2,1-4H3. The Balaban J connectivity index is 0.000000401. The van der Waals surface area contributed by atoms with Crippen molar-refractivity contribution in [2.75, 3.05) is 0 Å². The molecule has 1 heterocycles. The smallest absolute Gasteiger partial charge is 0.0301 e. The van der Waals surface area contributed by atoms with Gasteiger partial charge in [0.25, 0.3) is 0 Å². The zero-order valence-electron chi connectivity index (χ0n) is 16.4. The quantitative estimate of drug-likeness (QED) is 0.424. The fourth-order valence-corrected chi connectivity index (χ4v) is 3.32. The zero-order valence-corrected chi connectivity index (χ0v) is 16.4. The lowest BCUT2D eigenvalue weighted by molar-refractivity contribution is -0.0278. The van der Waals surface area contributed by atoms with Crippen LogP contribution in [0.25, 0.3) is 0 Å². The van der Waals surface area contributed by atoms with E-state index in [1.54, 1.807) is 0 Å². The maximum atomic E-state index is 6.02. The molecule has 0 aromatic rings. The average Bonchev–Trinajstić information content (AvgIpc) is 2.44. The van der Waals surface area contributed by atoms with Crippen molar-refractivity contribution in [1.29, 1.82) is 0 Å². The van der Waals surface area contributed by atoms with Crippen molar-refractivity contribution in [3.8, 4) is 0 Å². The van der Waals surface area contributed by atoms with Gasteiger partial charge in [-0.15, -0.1) is 0 Å². The van der Waals surface area contributed by atoms with E-state index < -0.39 is 0 Å². The van der Waals surface area contributed by atoms with Crippen molar-refractivity contribution >= 4 is 0 Å². The van der Waals surface area contributed by atoms with Gasteiger partial charge in [0.1, 0.15) is 0 Å². The predicted octanol–water partition coefficient (Wildman–Crippen LogP) is 6.25. The highest BCUT2D eigenvalue weighted by atomic mass is 15.5. The molecule has 0 atom stereocenters. The van der Waals surface area contributed by atoms with E-state index in [4.69, 9.17) is 5.84 Å². The molecule has 1 rings (SSSR count). The summed E-state index contributed by atoms with van der Waals surface area (Å²) in [6, 6.07) is 0. The van der Waals surface area contributed by atoms with Gasteiger partial charge in [-0.2, -0.15) is 0 Å². The van der Waals surface area contributed by atoms with E-state index in [-0.39, 0.29) is 11.1 Å². The second kappa shape index (κ2) is 11.5. The Morgan fingerprint density at radius 1 is 0.864 bits per heavy atom. The third-order valence-electron chi connectivity index (χ3n) is 4.98. The van der Waals surface area contributed by atoms with Gasteiger partial charge >= 0.3 is 0 Å². The minimum atomic E-state index is 0.182. The van der Waals surface area contributed by atoms with Gasteiger partial charge in [0.15, 0.2) is 0 Å². The first kappa shape index (κ1) is 21.9. The molecule has 2 heteroatoms. The second-order valence-corrected chi connectivity index (χ2v) is 8.17. The summed E-state index contributed by atoms with van der Waals surface area (Å²) in [6.07, 6.45) is 17.3. The van der Waals surface area contributed by atoms with Crippen molar-refractivity contribution in [1.82, 2.24) is 5.01 Å². The monoisotopic (exact) mass is 311 g/mol. The largest absolute Gasteiger partial charge is 0.268 e. The Hall–Kier alpha value is -0.0800. The molecular weight excluding hydrogens is 268 g/mol. The second-order valence-electron chi connectivity index (χ2n) is 8.17. The van der Waals surface area contributed by atoms with Crippen LogP contribution < -0.4 is 5.84 Å². The van der Waals surface area contributed by atoms with Gasteiger partial charge in [-0.05, 0) is 53.4 Å². The first-order chi connectivity index (χ1) is 10.3. The van der Waals surface area contributed by atoms with Crippen LogP contribution in [-0.2, 0) is 0 Å². The summed E-state index contributed by atoms with van der Waals surface area (Å²) >= 11 is 0. The highest BCUT2D eigenvalue weighted by Gasteiger charge is 2.38. The molecule has 1 fully saturated rings. The van der Waals surface area contributed by atoms with Crippen LogP contribution in [0, 0.1) is 6.42 Å². The van der Waals surface area contributed by atoms with Gasteiger partial charge in [0.05, 0.1) is 0 Å². The van der Waals surface area contributed by atoms with Crippen LogP contribution in [0.4, 0.5) is 0 Å². The third-order valence-corrected chi connectivity index (χ3v) is 4.98. The molecule has 0 bridgehead atoms. The van der Waals surface area contributed by atoms with Crippen molar-refractivity contribution < 1.29 is 0 Å². The molecule has 2 nitrogen and oxygen atoms in total. The number of nitrogens with zero attached hydrogens (tertiary/aromatic N) is 1. The van der Waals surface area contributed by atoms with Crippen LogP contribution in [-0.4, -0.2) is 16.1 Å². The first-order valence-corrected chi connectivity index (χ1v) is 9.61. The molecule has 0 aliphatic carbocycles. The topological polar surface area (TPSA) is 29.3 Å². The summed E-state index contributed by atoms with van der Waals surface area (Å²) in [6.45, 7) is 13.3. The van der Waals surface area contributed by atoms with Gasteiger partial charge in [-0.25, -0.2) is 5.01 Å². The van der Waals surface area contributed by atoms with E-state index >= 15 is 0 Å². The molecular formula is C20H43N2. The van der Waals surface area contributed by atoms with E-state index in [1.165, 1.54) is 70.6 Å². The van der Waals surface area contributed by atoms with Crippen molar-refractivity contribution in [3.63, 3.8) is 0 Å². The summed E-state index contributed by atoms with van der Waals surface area (Å²) in [5, 5.41) is 2.02. The first-order valence-electron chi connectivity index (χ1n) is 9.61. The SMILES string of the molecule is CC1(C)CCCC(C)(C)N1N.C[CH]CCCCCCCCC. The maximum absolute atomic E-state index is 6.02. The predicted molar refractivity (Wildman–Crippen MR) is 101 cm³/mol. The van der Waals surface area contributed by atoms with Crippen LogP contribution in [0.5, 0.6) is 0 Å². The van der Waals surface area contributed by atoms with Crippen LogP contribution in [0.2, 0.25) is 0 Å². The molecule has 0 saturated carbocycles. The number of hydrazine groups is 1. The van der Waals surface area contributed by atoms with Crippen LogP contribution in [0.1, 0.15) is 112 Å². The summed E-state index contributed by atoms with van der Waals surface area (Å²) in [5.74, 6) is 6.02. The Labute approximate surface area is 141 Å². The van der Waals surface area contributed by atoms with E-state index in [1.807, 2.05) is 5.01 Å². The van der Waals surface area contributed by atoms with Crippen molar-refractivity contribution in [2.45, 2.75) is 123 Å². The summed E-state index contributed by atoms with van der Waals surface area (Å²) in [5.41, 5.74) is 0.365. The van der Waals surface area contributed by atoms with Gasteiger partial charge < -0.3 is 0 Å². The highest BCUT2D eigenvalue weighted by molar-refractivity contribution is 4.93. The fourth-order valence-electron chi connectivity index (χ4n) is 3.32. The van der Waals surface area contributed by atoms with Gasteiger partial charge in [0.2, 0.25) is 0 Å². The Kier molecular flexibility index (Phi) is 11.4. The molecule has 1 aliphatic rings. The third kappa shape index (κ3) is 9.15. The lowest BCUT2D eigenvalue weighted by atomic mass is 9.82. The summed E-state index contributed by atoms with van der Waals surface area (Å²) in [4.78, 5) is 0. The lowest BCUT2D eigenvalue weighted by Crippen LogP contribution is -2.62. The van der Waals surface area contributed by atoms with Crippen molar-refractivity contribution in [2.24, 2.45) is 5.84 Å². The number of hydrogen-bond acceptors (Lipinski definition) is 2. The molecule has 2 N–H and O–H groups in total. The highest BCUT2D eigenvalue weighted by Crippen LogP contribution is 2.34. The number of nitrogens with two attached hydrogens (primary N) is 1. The van der Waals surface area contributed by atoms with Crippen LogP contribution in [0.15, 0.2) is 0 Å². The molecule has 133 valence electrons. The minimum absolute atomic E-state index is 0.182. The lowest BCUT2D eigenvalue weighted by Gasteiger charge is -2.50. The molecule has 1 radical (unpaired) electrons. The number of hydrogen-bond donors (Lipinski definition) is 1. The van der Waals surface area contributed by atoms with Gasteiger partial charge in [-0.1, -0.05) is 65.2 Å². The van der Waals surface area contributed by atoms with Crippen LogP contribution in [0.3, 0.4) is 0 Å². The summed E-state index contributed by atoms with van der Waals surface area (Å²) in [7, 11) is 0. The molecule has 0 aromatic heterocycles. The summed E-state index contributed by atoms with van der Waals surface area (Å²) < 4.78 is 0. The molecule has 0 unspecified atom stereocenters. The number of piperidine rings is 1. The van der Waals surface area contributed by atoms with E-state index in [0.717, 1.165) is 0 Å². The van der Waals surface area contributed by atoms with E-state index in [9.17, 15) is 0 Å². The van der Waals surface area contributed by atoms with E-state index in [0.29, 0.717) is 0 Å². The molecule has 1 saturated heterocycles. The maximum Gasteiger partial charge on any atom is 0.0301 e. The Morgan fingerprint density at radius 3 is 1.73 bits per heavy atom. The van der Waals surface area contributed by atoms with Crippen molar-refractivity contribution in [3.05, 3.63) is 6.42 Å². The minimum Gasteiger partial charge on any atom is -0.268 e.